The Morgan fingerprint density at radius 3 is 2.43 bits per heavy atom. The number of carbonyl (C=O) groups excluding carboxylic acids is 1. The molecule has 0 unspecified atom stereocenters. The molecule has 1 atom stereocenters. The highest BCUT2D eigenvalue weighted by molar-refractivity contribution is 6.30. The lowest BCUT2D eigenvalue weighted by Crippen LogP contribution is -2.35. The Bertz CT molecular complexity index is 1210. The summed E-state index contributed by atoms with van der Waals surface area (Å²) in [6.07, 6.45) is 2.68. The number of rotatable bonds is 3. The minimum atomic E-state index is -0.0421. The highest BCUT2D eigenvalue weighted by Gasteiger charge is 2.33. The molecule has 0 N–H and O–H groups in total. The predicted octanol–water partition coefficient (Wildman–Crippen LogP) is 5.78. The number of carbonyl (C=O) groups is 1. The molecular formula is C25H20ClN3O. The average molecular weight is 414 g/mol. The van der Waals surface area contributed by atoms with Crippen LogP contribution >= 0.6 is 11.6 Å². The van der Waals surface area contributed by atoms with Crippen LogP contribution in [0.1, 0.15) is 22.8 Å². The molecule has 5 heteroatoms. The first-order valence-electron chi connectivity index (χ1n) is 9.94. The van der Waals surface area contributed by atoms with Crippen LogP contribution < -0.4 is 4.90 Å². The Hall–Kier alpha value is -3.37. The number of halogens is 1. The lowest BCUT2D eigenvalue weighted by atomic mass is 10.1. The van der Waals surface area contributed by atoms with Crippen LogP contribution in [-0.4, -0.2) is 21.7 Å². The van der Waals surface area contributed by atoms with Gasteiger partial charge in [-0.25, -0.2) is 4.68 Å². The first kappa shape index (κ1) is 18.6. The quantitative estimate of drug-likeness (QED) is 0.426. The number of amides is 1. The van der Waals surface area contributed by atoms with E-state index in [2.05, 4.69) is 13.0 Å². The highest BCUT2D eigenvalue weighted by atomic mass is 35.5. The Morgan fingerprint density at radius 1 is 0.967 bits per heavy atom. The second kappa shape index (κ2) is 7.47. The predicted molar refractivity (Wildman–Crippen MR) is 120 cm³/mol. The maximum atomic E-state index is 13.8. The Balaban J connectivity index is 1.64. The molecule has 0 saturated heterocycles. The van der Waals surface area contributed by atoms with Gasteiger partial charge in [-0.3, -0.25) is 4.79 Å². The average Bonchev–Trinajstić information content (AvgIpc) is 3.35. The summed E-state index contributed by atoms with van der Waals surface area (Å²) in [5.41, 5.74) is 5.16. The molecule has 30 heavy (non-hydrogen) atoms. The molecule has 0 saturated carbocycles. The van der Waals surface area contributed by atoms with E-state index in [4.69, 9.17) is 16.7 Å². The number of anilines is 1. The fourth-order valence-electron chi connectivity index (χ4n) is 4.07. The van der Waals surface area contributed by atoms with Gasteiger partial charge < -0.3 is 4.90 Å². The molecule has 5 rings (SSSR count). The zero-order chi connectivity index (χ0) is 20.7. The van der Waals surface area contributed by atoms with Gasteiger partial charge in [0.25, 0.3) is 5.91 Å². The molecule has 4 nitrogen and oxygen atoms in total. The van der Waals surface area contributed by atoms with E-state index in [1.165, 1.54) is 5.56 Å². The Morgan fingerprint density at radius 2 is 1.67 bits per heavy atom. The molecular weight excluding hydrogens is 394 g/mol. The number of para-hydroxylation sites is 2. The van der Waals surface area contributed by atoms with Crippen molar-refractivity contribution in [3.05, 3.63) is 101 Å². The van der Waals surface area contributed by atoms with E-state index in [9.17, 15) is 4.79 Å². The summed E-state index contributed by atoms with van der Waals surface area (Å²) in [4.78, 5) is 15.7. The van der Waals surface area contributed by atoms with Crippen LogP contribution in [0.25, 0.3) is 16.9 Å². The number of aromatic nitrogens is 2. The molecule has 2 heterocycles. The van der Waals surface area contributed by atoms with E-state index in [-0.39, 0.29) is 11.9 Å². The zero-order valence-corrected chi connectivity index (χ0v) is 17.3. The molecule has 0 fully saturated rings. The van der Waals surface area contributed by atoms with Crippen molar-refractivity contribution < 1.29 is 4.79 Å². The summed E-state index contributed by atoms with van der Waals surface area (Å²) < 4.78 is 1.77. The fourth-order valence-corrected chi connectivity index (χ4v) is 4.20. The van der Waals surface area contributed by atoms with Crippen LogP contribution in [0.4, 0.5) is 5.69 Å². The lowest BCUT2D eigenvalue weighted by Gasteiger charge is -2.22. The van der Waals surface area contributed by atoms with Crippen molar-refractivity contribution >= 4 is 23.2 Å². The van der Waals surface area contributed by atoms with Crippen molar-refractivity contribution in [2.24, 2.45) is 0 Å². The lowest BCUT2D eigenvalue weighted by molar-refractivity contribution is 0.0982. The van der Waals surface area contributed by atoms with Crippen LogP contribution in [0.5, 0.6) is 0 Å². The third kappa shape index (κ3) is 3.19. The largest absolute Gasteiger partial charge is 0.305 e. The van der Waals surface area contributed by atoms with Crippen molar-refractivity contribution in [3.63, 3.8) is 0 Å². The molecule has 0 radical (unpaired) electrons. The Labute approximate surface area is 180 Å². The van der Waals surface area contributed by atoms with Crippen molar-refractivity contribution in [1.29, 1.82) is 0 Å². The molecule has 3 aromatic carbocycles. The van der Waals surface area contributed by atoms with Crippen LogP contribution in [0, 0.1) is 0 Å². The van der Waals surface area contributed by atoms with Gasteiger partial charge in [-0.05, 0) is 49.2 Å². The topological polar surface area (TPSA) is 38.1 Å². The second-order valence-electron chi connectivity index (χ2n) is 7.54. The maximum Gasteiger partial charge on any atom is 0.262 e. The van der Waals surface area contributed by atoms with Gasteiger partial charge in [0, 0.05) is 28.5 Å². The minimum absolute atomic E-state index is 0.0421. The SMILES string of the molecule is C[C@@H]1Cc2ccccc2N1C(=O)c1cn(-c2ccccc2)nc1-c1ccc(Cl)cc1. The van der Waals surface area contributed by atoms with E-state index >= 15 is 0 Å². The molecule has 0 bridgehead atoms. The number of hydrogen-bond acceptors (Lipinski definition) is 2. The van der Waals surface area contributed by atoms with Gasteiger partial charge in [0.2, 0.25) is 0 Å². The summed E-state index contributed by atoms with van der Waals surface area (Å²) in [6.45, 7) is 2.08. The third-order valence-corrected chi connectivity index (χ3v) is 5.76. The number of benzene rings is 3. The summed E-state index contributed by atoms with van der Waals surface area (Å²) >= 11 is 6.08. The van der Waals surface area contributed by atoms with Crippen molar-refractivity contribution in [2.75, 3.05) is 4.90 Å². The number of nitrogens with zero attached hydrogens (tertiary/aromatic N) is 3. The smallest absolute Gasteiger partial charge is 0.262 e. The van der Waals surface area contributed by atoms with Crippen molar-refractivity contribution in [3.8, 4) is 16.9 Å². The minimum Gasteiger partial charge on any atom is -0.305 e. The molecule has 0 aliphatic carbocycles. The van der Waals surface area contributed by atoms with Gasteiger partial charge in [-0.2, -0.15) is 5.10 Å². The van der Waals surface area contributed by atoms with Crippen LogP contribution in [-0.2, 0) is 6.42 Å². The van der Waals surface area contributed by atoms with E-state index < -0.39 is 0 Å². The molecule has 1 aliphatic heterocycles. The summed E-state index contributed by atoms with van der Waals surface area (Å²) in [5.74, 6) is -0.0421. The molecule has 1 aromatic heterocycles. The van der Waals surface area contributed by atoms with Crippen molar-refractivity contribution in [1.82, 2.24) is 9.78 Å². The highest BCUT2D eigenvalue weighted by Crippen LogP contribution is 2.35. The first-order valence-corrected chi connectivity index (χ1v) is 10.3. The maximum absolute atomic E-state index is 13.8. The van der Waals surface area contributed by atoms with E-state index in [0.717, 1.165) is 23.4 Å². The molecule has 1 aliphatic rings. The second-order valence-corrected chi connectivity index (χ2v) is 7.97. The number of hydrogen-bond donors (Lipinski definition) is 0. The molecule has 4 aromatic rings. The van der Waals surface area contributed by atoms with Gasteiger partial charge in [0.15, 0.2) is 0 Å². The van der Waals surface area contributed by atoms with E-state index in [0.29, 0.717) is 16.3 Å². The first-order chi connectivity index (χ1) is 14.6. The van der Waals surface area contributed by atoms with Gasteiger partial charge >= 0.3 is 0 Å². The summed E-state index contributed by atoms with van der Waals surface area (Å²) in [7, 11) is 0. The molecule has 0 spiro atoms. The standard InChI is InChI=1S/C25H20ClN3O/c1-17-15-19-7-5-6-10-23(19)29(17)25(30)22-16-28(21-8-3-2-4-9-21)27-24(22)18-11-13-20(26)14-12-18/h2-14,16-17H,15H2,1H3/t17-/m1/s1. The monoisotopic (exact) mass is 413 g/mol. The van der Waals surface area contributed by atoms with Gasteiger partial charge in [0.1, 0.15) is 5.69 Å². The van der Waals surface area contributed by atoms with Gasteiger partial charge in [-0.1, -0.05) is 60.1 Å². The third-order valence-electron chi connectivity index (χ3n) is 5.51. The molecule has 148 valence electrons. The normalized spacial score (nSPS) is 15.3. The number of fused-ring (bicyclic) bond motifs is 1. The van der Waals surface area contributed by atoms with Crippen LogP contribution in [0.15, 0.2) is 85.1 Å². The summed E-state index contributed by atoms with van der Waals surface area (Å²) in [5, 5.41) is 5.43. The van der Waals surface area contributed by atoms with Crippen molar-refractivity contribution in [2.45, 2.75) is 19.4 Å². The fraction of sp³-hybridized carbons (Fsp3) is 0.120. The van der Waals surface area contributed by atoms with E-state index in [1.807, 2.05) is 83.9 Å². The van der Waals surface area contributed by atoms with Gasteiger partial charge in [0.05, 0.1) is 11.3 Å². The zero-order valence-electron chi connectivity index (χ0n) is 16.5. The Kier molecular flexibility index (Phi) is 4.64. The summed E-state index contributed by atoms with van der Waals surface area (Å²) in [6, 6.07) is 25.5. The van der Waals surface area contributed by atoms with Crippen LogP contribution in [0.2, 0.25) is 5.02 Å². The molecule has 1 amide bonds. The van der Waals surface area contributed by atoms with Crippen LogP contribution in [0.3, 0.4) is 0 Å². The van der Waals surface area contributed by atoms with Gasteiger partial charge in [-0.15, -0.1) is 0 Å². The van der Waals surface area contributed by atoms with E-state index in [1.54, 1.807) is 4.68 Å².